The molecule has 0 bridgehead atoms. The average Bonchev–Trinajstić information content (AvgIpc) is 2.75. The molecule has 0 radical (unpaired) electrons. The molecule has 2 aromatic rings. The van der Waals surface area contributed by atoms with Gasteiger partial charge < -0.3 is 14.0 Å². The van der Waals surface area contributed by atoms with Crippen molar-refractivity contribution in [3.63, 3.8) is 0 Å². The van der Waals surface area contributed by atoms with Crippen LogP contribution >= 0.6 is 0 Å². The van der Waals surface area contributed by atoms with Gasteiger partial charge in [-0.1, -0.05) is 30.3 Å². The zero-order valence-corrected chi connectivity index (χ0v) is 17.6. The van der Waals surface area contributed by atoms with Crippen LogP contribution in [0.5, 0.6) is 5.75 Å². The summed E-state index contributed by atoms with van der Waals surface area (Å²) in [6.45, 7) is 3.39. The fourth-order valence-electron chi connectivity index (χ4n) is 3.63. The first-order valence-corrected chi connectivity index (χ1v) is 10.2. The van der Waals surface area contributed by atoms with Crippen LogP contribution in [0.3, 0.4) is 0 Å². The van der Waals surface area contributed by atoms with Crippen molar-refractivity contribution in [2.45, 2.75) is 26.3 Å². The van der Waals surface area contributed by atoms with Gasteiger partial charge in [0.2, 0.25) is 0 Å². The highest BCUT2D eigenvalue weighted by atomic mass is 16.5. The highest BCUT2D eigenvalue weighted by Crippen LogP contribution is 2.28. The molecule has 160 valence electrons. The van der Waals surface area contributed by atoms with Gasteiger partial charge in [-0.2, -0.15) is 4.98 Å². The number of methoxy groups -OCH3 is 1. The van der Waals surface area contributed by atoms with Gasteiger partial charge in [0.15, 0.2) is 11.5 Å². The fraction of sp³-hybridized carbons (Fsp3) is 0.304. The maximum absolute atomic E-state index is 12.4. The Labute approximate surface area is 178 Å². The number of ether oxygens (including phenoxy) is 2. The molecule has 31 heavy (non-hydrogen) atoms. The van der Waals surface area contributed by atoms with Crippen molar-refractivity contribution in [2.24, 2.45) is 0 Å². The van der Waals surface area contributed by atoms with Crippen molar-refractivity contribution in [3.05, 3.63) is 74.4 Å². The van der Waals surface area contributed by atoms with Crippen LogP contribution < -0.4 is 16.0 Å². The maximum Gasteiger partial charge on any atom is 0.349 e. The molecule has 0 amide bonds. The summed E-state index contributed by atoms with van der Waals surface area (Å²) in [7, 11) is 1.62. The smallest absolute Gasteiger partial charge is 0.349 e. The summed E-state index contributed by atoms with van der Waals surface area (Å²) in [4.78, 5) is 35.1. The number of aromatic amines is 1. The largest absolute Gasteiger partial charge is 0.491 e. The van der Waals surface area contributed by atoms with E-state index in [2.05, 4.69) is 27.1 Å². The van der Waals surface area contributed by atoms with Crippen molar-refractivity contribution in [1.82, 2.24) is 19.5 Å². The molecule has 2 aliphatic rings. The molecule has 2 aromatic carbocycles. The fourth-order valence-corrected chi connectivity index (χ4v) is 3.63. The van der Waals surface area contributed by atoms with Gasteiger partial charge in [0.05, 0.1) is 17.6 Å². The molecular weight excluding hydrogens is 396 g/mol. The molecule has 0 fully saturated rings. The predicted molar refractivity (Wildman–Crippen MR) is 118 cm³/mol. The summed E-state index contributed by atoms with van der Waals surface area (Å²) in [5, 5.41) is 0. The van der Waals surface area contributed by atoms with Crippen molar-refractivity contribution >= 4 is 11.0 Å². The number of benzene rings is 2. The van der Waals surface area contributed by atoms with Crippen LogP contribution in [-0.4, -0.2) is 39.8 Å². The molecule has 1 N–H and O–H groups in total. The molecule has 0 unspecified atom stereocenters. The number of H-pyrrole nitrogens is 1. The topological polar surface area (TPSA) is 99.1 Å². The quantitative estimate of drug-likeness (QED) is 0.347. The summed E-state index contributed by atoms with van der Waals surface area (Å²) in [6, 6.07) is 13.9. The van der Waals surface area contributed by atoms with E-state index in [0.29, 0.717) is 31.0 Å². The Balaban J connectivity index is 1.80. The lowest BCUT2D eigenvalue weighted by Crippen LogP contribution is -2.29. The molecule has 2 aliphatic heterocycles. The summed E-state index contributed by atoms with van der Waals surface area (Å²) < 4.78 is 12.8. The van der Waals surface area contributed by atoms with Gasteiger partial charge in [0.1, 0.15) is 12.4 Å². The van der Waals surface area contributed by atoms with Crippen LogP contribution in [0, 0.1) is 6.92 Å². The average molecular weight is 420 g/mol. The van der Waals surface area contributed by atoms with E-state index in [1.807, 2.05) is 41.8 Å². The SMILES string of the molecule is COCCOc1cc2c(cc1C)nc1c(=O)[nH]c(=O)nc-1n2CCCc1ccccc1. The van der Waals surface area contributed by atoms with Crippen LogP contribution in [0.1, 0.15) is 17.5 Å². The van der Waals surface area contributed by atoms with E-state index in [0.717, 1.165) is 23.9 Å². The molecule has 0 atom stereocenters. The second kappa shape index (κ2) is 9.09. The van der Waals surface area contributed by atoms with Crippen molar-refractivity contribution in [1.29, 1.82) is 0 Å². The molecular formula is C23H24N4O4. The summed E-state index contributed by atoms with van der Waals surface area (Å²) in [5.41, 5.74) is 2.47. The Morgan fingerprint density at radius 2 is 1.87 bits per heavy atom. The number of aryl methyl sites for hydroxylation is 3. The highest BCUT2D eigenvalue weighted by molar-refractivity contribution is 5.82. The standard InChI is InChI=1S/C23H24N4O4/c1-15-13-17-18(14-19(15)31-12-11-30-2)27(10-6-9-16-7-4-3-5-8-16)21-20(24-17)22(28)26-23(29)25-21/h3-5,7-8,13-14H,6,9-12H2,1-2H3,(H,26,28,29). The lowest BCUT2D eigenvalue weighted by atomic mass is 10.1. The molecule has 8 heteroatoms. The summed E-state index contributed by atoms with van der Waals surface area (Å²) in [6.07, 6.45) is 1.66. The minimum Gasteiger partial charge on any atom is -0.491 e. The Morgan fingerprint density at radius 1 is 1.06 bits per heavy atom. The van der Waals surface area contributed by atoms with Crippen molar-refractivity contribution < 1.29 is 9.47 Å². The van der Waals surface area contributed by atoms with E-state index in [1.165, 1.54) is 5.56 Å². The normalized spacial score (nSPS) is 11.3. The Hall–Kier alpha value is -3.52. The predicted octanol–water partition coefficient (Wildman–Crippen LogP) is 2.55. The monoisotopic (exact) mass is 420 g/mol. The number of nitrogens with one attached hydrogen (secondary N) is 1. The zero-order chi connectivity index (χ0) is 21.8. The van der Waals surface area contributed by atoms with Crippen molar-refractivity contribution in [2.75, 3.05) is 20.3 Å². The molecule has 0 aliphatic carbocycles. The second-order valence-corrected chi connectivity index (χ2v) is 7.34. The number of aromatic nitrogens is 4. The Kier molecular flexibility index (Phi) is 6.08. The highest BCUT2D eigenvalue weighted by Gasteiger charge is 2.19. The third-order valence-corrected chi connectivity index (χ3v) is 5.14. The van der Waals surface area contributed by atoms with Crippen LogP contribution in [0.4, 0.5) is 0 Å². The lowest BCUT2D eigenvalue weighted by molar-refractivity contribution is 0.146. The lowest BCUT2D eigenvalue weighted by Gasteiger charge is -2.18. The molecule has 0 aromatic heterocycles. The minimum absolute atomic E-state index is 0.152. The molecule has 0 spiro atoms. The second-order valence-electron chi connectivity index (χ2n) is 7.34. The first-order chi connectivity index (χ1) is 15.1. The number of fused-ring (bicyclic) bond motifs is 2. The van der Waals surface area contributed by atoms with Gasteiger partial charge in [-0.05, 0) is 37.0 Å². The molecule has 2 heterocycles. The van der Waals surface area contributed by atoms with E-state index >= 15 is 0 Å². The number of rotatable bonds is 8. The first kappa shape index (κ1) is 20.7. The van der Waals surface area contributed by atoms with E-state index in [9.17, 15) is 9.59 Å². The van der Waals surface area contributed by atoms with E-state index in [1.54, 1.807) is 7.11 Å². The zero-order valence-electron chi connectivity index (χ0n) is 17.6. The van der Waals surface area contributed by atoms with Crippen molar-refractivity contribution in [3.8, 4) is 17.3 Å². The third kappa shape index (κ3) is 4.49. The van der Waals surface area contributed by atoms with Gasteiger partial charge in [-0.25, -0.2) is 9.78 Å². The molecule has 4 rings (SSSR count). The van der Waals surface area contributed by atoms with Crippen LogP contribution in [0.15, 0.2) is 52.1 Å². The minimum atomic E-state index is -0.681. The van der Waals surface area contributed by atoms with Gasteiger partial charge in [-0.15, -0.1) is 0 Å². The van der Waals surface area contributed by atoms with Gasteiger partial charge in [-0.3, -0.25) is 9.78 Å². The molecule has 8 nitrogen and oxygen atoms in total. The Morgan fingerprint density at radius 3 is 2.65 bits per heavy atom. The Bertz CT molecular complexity index is 1280. The summed E-state index contributed by atoms with van der Waals surface area (Å²) >= 11 is 0. The molecule has 0 saturated heterocycles. The van der Waals surface area contributed by atoms with E-state index in [4.69, 9.17) is 9.47 Å². The molecule has 0 saturated carbocycles. The van der Waals surface area contributed by atoms with Gasteiger partial charge in [0, 0.05) is 19.7 Å². The maximum atomic E-state index is 12.4. The van der Waals surface area contributed by atoms with Crippen LogP contribution in [-0.2, 0) is 17.7 Å². The summed E-state index contributed by atoms with van der Waals surface area (Å²) in [5.74, 6) is 0.982. The number of hydrogen-bond donors (Lipinski definition) is 1. The van der Waals surface area contributed by atoms with Crippen LogP contribution in [0.2, 0.25) is 0 Å². The van der Waals surface area contributed by atoms with E-state index < -0.39 is 11.2 Å². The van der Waals surface area contributed by atoms with Gasteiger partial charge in [0.25, 0.3) is 5.56 Å². The first-order valence-electron chi connectivity index (χ1n) is 10.2. The van der Waals surface area contributed by atoms with Crippen LogP contribution in [0.25, 0.3) is 22.6 Å². The number of nitrogens with zero attached hydrogens (tertiary/aromatic N) is 3. The third-order valence-electron chi connectivity index (χ3n) is 5.14. The van der Waals surface area contributed by atoms with E-state index in [-0.39, 0.29) is 11.5 Å². The van der Waals surface area contributed by atoms with Gasteiger partial charge >= 0.3 is 5.69 Å². The number of hydrogen-bond acceptors (Lipinski definition) is 6.